The number of rotatable bonds is 4. The van der Waals surface area contributed by atoms with E-state index >= 15 is 0 Å². The van der Waals surface area contributed by atoms with Crippen LogP contribution in [-0.4, -0.2) is 30.2 Å². The average molecular weight is 270 g/mol. The van der Waals surface area contributed by atoms with Crippen LogP contribution < -0.4 is 4.74 Å². The lowest BCUT2D eigenvalue weighted by atomic mass is 10.1. The maximum absolute atomic E-state index is 10.1. The fraction of sp³-hybridized carbons (Fsp3) is 0.571. The summed E-state index contributed by atoms with van der Waals surface area (Å²) >= 11 is 6.03. The van der Waals surface area contributed by atoms with Crippen LogP contribution in [0.4, 0.5) is 0 Å². The molecule has 1 saturated heterocycles. The van der Waals surface area contributed by atoms with E-state index in [4.69, 9.17) is 16.3 Å². The van der Waals surface area contributed by atoms with Crippen LogP contribution in [0.1, 0.15) is 25.3 Å². The van der Waals surface area contributed by atoms with Gasteiger partial charge in [-0.3, -0.25) is 4.90 Å². The number of aromatic hydroxyl groups is 1. The van der Waals surface area contributed by atoms with E-state index in [0.29, 0.717) is 10.8 Å². The maximum atomic E-state index is 10.1. The summed E-state index contributed by atoms with van der Waals surface area (Å²) in [7, 11) is 1.54. The van der Waals surface area contributed by atoms with Gasteiger partial charge in [-0.15, -0.1) is 0 Å². The van der Waals surface area contributed by atoms with Crippen LogP contribution in [0.3, 0.4) is 0 Å². The Morgan fingerprint density at radius 1 is 1.50 bits per heavy atom. The lowest BCUT2D eigenvalue weighted by Gasteiger charge is -2.18. The lowest BCUT2D eigenvalue weighted by molar-refractivity contribution is 0.305. The molecule has 1 unspecified atom stereocenters. The highest BCUT2D eigenvalue weighted by Crippen LogP contribution is 2.35. The normalized spacial score (nSPS) is 20.3. The first kappa shape index (κ1) is 13.5. The molecular weight excluding hydrogens is 250 g/mol. The Bertz CT molecular complexity index is 423. The van der Waals surface area contributed by atoms with Crippen LogP contribution >= 0.6 is 11.6 Å². The van der Waals surface area contributed by atoms with Gasteiger partial charge in [-0.2, -0.15) is 0 Å². The van der Waals surface area contributed by atoms with Gasteiger partial charge in [0, 0.05) is 29.7 Å². The van der Waals surface area contributed by atoms with Crippen LogP contribution in [0.2, 0.25) is 5.02 Å². The van der Waals surface area contributed by atoms with Gasteiger partial charge < -0.3 is 9.84 Å². The minimum Gasteiger partial charge on any atom is -0.504 e. The highest BCUT2D eigenvalue weighted by molar-refractivity contribution is 6.30. The van der Waals surface area contributed by atoms with Crippen LogP contribution in [0, 0.1) is 5.92 Å². The Hall–Kier alpha value is -0.930. The number of phenols is 1. The standard InChI is InChI=1S/C14H20ClNO2/c1-3-10-4-5-16(8-10)9-11-6-12(15)7-13(18-2)14(11)17/h6-7,10,17H,3-5,8-9H2,1-2H3. The topological polar surface area (TPSA) is 32.7 Å². The van der Waals surface area contributed by atoms with Crippen molar-refractivity contribution in [1.82, 2.24) is 4.90 Å². The lowest BCUT2D eigenvalue weighted by Crippen LogP contribution is -2.20. The third-order valence-corrected chi connectivity index (χ3v) is 3.90. The predicted molar refractivity (Wildman–Crippen MR) is 73.3 cm³/mol. The fourth-order valence-electron chi connectivity index (χ4n) is 2.54. The third-order valence-electron chi connectivity index (χ3n) is 3.68. The molecule has 0 radical (unpaired) electrons. The smallest absolute Gasteiger partial charge is 0.162 e. The number of methoxy groups -OCH3 is 1. The quantitative estimate of drug-likeness (QED) is 0.910. The molecule has 1 heterocycles. The first-order valence-corrected chi connectivity index (χ1v) is 6.79. The summed E-state index contributed by atoms with van der Waals surface area (Å²) in [6.45, 7) is 5.16. The highest BCUT2D eigenvalue weighted by atomic mass is 35.5. The summed E-state index contributed by atoms with van der Waals surface area (Å²) in [5, 5.41) is 10.7. The van der Waals surface area contributed by atoms with Crippen molar-refractivity contribution in [2.45, 2.75) is 26.3 Å². The maximum Gasteiger partial charge on any atom is 0.162 e. The summed E-state index contributed by atoms with van der Waals surface area (Å²) in [5.41, 5.74) is 0.844. The Balaban J connectivity index is 2.12. The van der Waals surface area contributed by atoms with Gasteiger partial charge in [0.25, 0.3) is 0 Å². The summed E-state index contributed by atoms with van der Waals surface area (Å²) in [4.78, 5) is 2.36. The van der Waals surface area contributed by atoms with E-state index in [2.05, 4.69) is 11.8 Å². The van der Waals surface area contributed by atoms with E-state index < -0.39 is 0 Å². The molecule has 100 valence electrons. The van der Waals surface area contributed by atoms with Crippen LogP contribution in [0.5, 0.6) is 11.5 Å². The van der Waals surface area contributed by atoms with Crippen molar-refractivity contribution in [2.75, 3.05) is 20.2 Å². The highest BCUT2D eigenvalue weighted by Gasteiger charge is 2.22. The molecule has 1 aliphatic heterocycles. The fourth-order valence-corrected chi connectivity index (χ4v) is 2.77. The van der Waals surface area contributed by atoms with Crippen molar-refractivity contribution in [3.8, 4) is 11.5 Å². The Labute approximate surface area is 113 Å². The second kappa shape index (κ2) is 5.81. The van der Waals surface area contributed by atoms with Gasteiger partial charge in [-0.05, 0) is 24.9 Å². The second-order valence-corrected chi connectivity index (χ2v) is 5.35. The number of phenolic OH excluding ortho intramolecular Hbond substituents is 1. The zero-order valence-electron chi connectivity index (χ0n) is 10.9. The molecule has 0 bridgehead atoms. The molecule has 1 N–H and O–H groups in total. The summed E-state index contributed by atoms with van der Waals surface area (Å²) in [6, 6.07) is 3.46. The Morgan fingerprint density at radius 2 is 2.28 bits per heavy atom. The van der Waals surface area contributed by atoms with Crippen molar-refractivity contribution in [3.63, 3.8) is 0 Å². The number of hydrogen-bond donors (Lipinski definition) is 1. The molecular formula is C14H20ClNO2. The molecule has 1 aliphatic rings. The molecule has 1 atom stereocenters. The molecule has 0 aliphatic carbocycles. The molecule has 1 aromatic rings. The van der Waals surface area contributed by atoms with Gasteiger partial charge in [-0.1, -0.05) is 24.9 Å². The monoisotopic (exact) mass is 269 g/mol. The molecule has 0 aromatic heterocycles. The van der Waals surface area contributed by atoms with E-state index in [1.807, 2.05) is 6.07 Å². The van der Waals surface area contributed by atoms with Gasteiger partial charge in [0.05, 0.1) is 7.11 Å². The zero-order valence-corrected chi connectivity index (χ0v) is 11.7. The molecule has 3 nitrogen and oxygen atoms in total. The number of hydrogen-bond acceptors (Lipinski definition) is 3. The molecule has 1 fully saturated rings. The summed E-state index contributed by atoms with van der Waals surface area (Å²) in [6.07, 6.45) is 2.47. The van der Waals surface area contributed by atoms with Crippen LogP contribution in [-0.2, 0) is 6.54 Å². The zero-order chi connectivity index (χ0) is 13.1. The SMILES string of the molecule is CCC1CCN(Cc2cc(Cl)cc(OC)c2O)C1. The van der Waals surface area contributed by atoms with E-state index in [0.717, 1.165) is 31.1 Å². The number of nitrogens with zero attached hydrogens (tertiary/aromatic N) is 1. The molecule has 0 amide bonds. The van der Waals surface area contributed by atoms with Gasteiger partial charge in [0.15, 0.2) is 11.5 Å². The first-order valence-electron chi connectivity index (χ1n) is 6.41. The van der Waals surface area contributed by atoms with Crippen LogP contribution in [0.25, 0.3) is 0 Å². The van der Waals surface area contributed by atoms with Crippen molar-refractivity contribution in [3.05, 3.63) is 22.7 Å². The van der Waals surface area contributed by atoms with Gasteiger partial charge >= 0.3 is 0 Å². The molecule has 2 rings (SSSR count). The summed E-state index contributed by atoms with van der Waals surface area (Å²) in [5.74, 6) is 1.44. The minimum atomic E-state index is 0.210. The molecule has 0 saturated carbocycles. The molecule has 0 spiro atoms. The van der Waals surface area contributed by atoms with Gasteiger partial charge in [0.1, 0.15) is 0 Å². The third kappa shape index (κ3) is 2.90. The van der Waals surface area contributed by atoms with E-state index in [-0.39, 0.29) is 5.75 Å². The minimum absolute atomic E-state index is 0.210. The second-order valence-electron chi connectivity index (χ2n) is 4.91. The number of ether oxygens (including phenoxy) is 1. The summed E-state index contributed by atoms with van der Waals surface area (Å²) < 4.78 is 5.12. The largest absolute Gasteiger partial charge is 0.504 e. The van der Waals surface area contributed by atoms with Crippen LogP contribution in [0.15, 0.2) is 12.1 Å². The van der Waals surface area contributed by atoms with E-state index in [1.54, 1.807) is 6.07 Å². The van der Waals surface area contributed by atoms with Crippen molar-refractivity contribution in [1.29, 1.82) is 0 Å². The predicted octanol–water partition coefficient (Wildman–Crippen LogP) is 3.29. The average Bonchev–Trinajstić information content (AvgIpc) is 2.81. The Kier molecular flexibility index (Phi) is 4.36. The molecule has 4 heteroatoms. The molecule has 1 aromatic carbocycles. The van der Waals surface area contributed by atoms with Gasteiger partial charge in [-0.25, -0.2) is 0 Å². The van der Waals surface area contributed by atoms with E-state index in [9.17, 15) is 5.11 Å². The van der Waals surface area contributed by atoms with Crippen molar-refractivity contribution < 1.29 is 9.84 Å². The Morgan fingerprint density at radius 3 is 2.89 bits per heavy atom. The first-order chi connectivity index (χ1) is 8.63. The van der Waals surface area contributed by atoms with Crippen molar-refractivity contribution >= 4 is 11.6 Å². The van der Waals surface area contributed by atoms with Gasteiger partial charge in [0.2, 0.25) is 0 Å². The molecule has 18 heavy (non-hydrogen) atoms. The van der Waals surface area contributed by atoms with E-state index in [1.165, 1.54) is 20.0 Å². The number of benzene rings is 1. The number of likely N-dealkylation sites (tertiary alicyclic amines) is 1. The van der Waals surface area contributed by atoms with Crippen molar-refractivity contribution in [2.24, 2.45) is 5.92 Å². The number of halogens is 1.